The number of amides is 1. The Kier molecular flexibility index (Phi) is 8.13. The molecule has 25 heavy (non-hydrogen) atoms. The molecule has 1 aromatic heterocycles. The predicted molar refractivity (Wildman–Crippen MR) is 110 cm³/mol. The van der Waals surface area contributed by atoms with Crippen molar-refractivity contribution in [1.82, 2.24) is 10.3 Å². The molecule has 1 aliphatic carbocycles. The number of para-hydroxylation sites is 1. The Hall–Kier alpha value is -0.880. The molecular weight excluding hydrogens is 377 g/mol. The van der Waals surface area contributed by atoms with Gasteiger partial charge in [-0.25, -0.2) is 4.98 Å². The average Bonchev–Trinajstić information content (AvgIpc) is 2.88. The fourth-order valence-corrected chi connectivity index (χ4v) is 4.55. The maximum absolute atomic E-state index is 12.6. The van der Waals surface area contributed by atoms with E-state index >= 15 is 0 Å². The van der Waals surface area contributed by atoms with Crippen LogP contribution >= 0.6 is 36.2 Å². The van der Waals surface area contributed by atoms with Gasteiger partial charge in [0, 0.05) is 18.0 Å². The summed E-state index contributed by atoms with van der Waals surface area (Å²) in [6, 6.07) is 8.21. The minimum Gasteiger partial charge on any atom is -0.353 e. The molecule has 0 aliphatic heterocycles. The Bertz CT molecular complexity index is 671. The quantitative estimate of drug-likeness (QED) is 0.807. The summed E-state index contributed by atoms with van der Waals surface area (Å²) in [5, 5.41) is 4.21. The molecule has 3 unspecified atom stereocenters. The van der Waals surface area contributed by atoms with Crippen LogP contribution in [0.15, 0.2) is 24.3 Å². The van der Waals surface area contributed by atoms with Gasteiger partial charge in [-0.3, -0.25) is 4.79 Å². The van der Waals surface area contributed by atoms with E-state index in [9.17, 15) is 4.79 Å². The molecule has 1 amide bonds. The molecule has 1 aromatic carbocycles. The average molecular weight is 404 g/mol. The van der Waals surface area contributed by atoms with Crippen LogP contribution in [0.2, 0.25) is 0 Å². The van der Waals surface area contributed by atoms with Gasteiger partial charge in [0.15, 0.2) is 0 Å². The molecule has 1 aliphatic rings. The SMILES string of the molecule is CC(Cc1nc2ccccc2s1)NC(=O)C1CCCCC1(C)N.Cl.Cl. The summed E-state index contributed by atoms with van der Waals surface area (Å²) in [7, 11) is 0. The second-order valence-corrected chi connectivity index (χ2v) is 8.11. The van der Waals surface area contributed by atoms with Crippen LogP contribution in [0.25, 0.3) is 10.2 Å². The van der Waals surface area contributed by atoms with Crippen molar-refractivity contribution < 1.29 is 4.79 Å². The molecule has 0 radical (unpaired) electrons. The number of fused-ring (bicyclic) bond motifs is 1. The summed E-state index contributed by atoms with van der Waals surface area (Å²) in [5.74, 6) is 0.0254. The molecule has 0 saturated heterocycles. The van der Waals surface area contributed by atoms with E-state index < -0.39 is 0 Å². The minimum absolute atomic E-state index is 0. The highest BCUT2D eigenvalue weighted by molar-refractivity contribution is 7.18. The smallest absolute Gasteiger partial charge is 0.225 e. The van der Waals surface area contributed by atoms with Crippen LogP contribution in [-0.2, 0) is 11.2 Å². The van der Waals surface area contributed by atoms with Crippen molar-refractivity contribution in [3.8, 4) is 0 Å². The van der Waals surface area contributed by atoms with Gasteiger partial charge in [-0.05, 0) is 38.8 Å². The normalized spacial score (nSPS) is 24.0. The summed E-state index contributed by atoms with van der Waals surface area (Å²) >= 11 is 1.70. The fourth-order valence-electron chi connectivity index (χ4n) is 3.45. The van der Waals surface area contributed by atoms with Crippen molar-refractivity contribution in [2.24, 2.45) is 11.7 Å². The highest BCUT2D eigenvalue weighted by atomic mass is 35.5. The molecule has 4 nitrogen and oxygen atoms in total. The first-order valence-corrected chi connectivity index (χ1v) is 9.21. The number of aromatic nitrogens is 1. The monoisotopic (exact) mass is 403 g/mol. The van der Waals surface area contributed by atoms with E-state index in [0.717, 1.165) is 42.6 Å². The Balaban J connectivity index is 0.00000156. The molecule has 3 N–H and O–H groups in total. The highest BCUT2D eigenvalue weighted by Crippen LogP contribution is 2.31. The van der Waals surface area contributed by atoms with Crippen molar-refractivity contribution in [2.45, 2.75) is 57.5 Å². The Morgan fingerprint density at radius 3 is 2.80 bits per heavy atom. The van der Waals surface area contributed by atoms with Crippen molar-refractivity contribution in [3.05, 3.63) is 29.3 Å². The van der Waals surface area contributed by atoms with E-state index in [2.05, 4.69) is 16.4 Å². The van der Waals surface area contributed by atoms with Crippen LogP contribution in [-0.4, -0.2) is 22.5 Å². The number of hydrogen-bond donors (Lipinski definition) is 2. The van der Waals surface area contributed by atoms with Gasteiger partial charge in [-0.1, -0.05) is 25.0 Å². The zero-order valence-electron chi connectivity index (χ0n) is 14.7. The summed E-state index contributed by atoms with van der Waals surface area (Å²) in [5.41, 5.74) is 6.99. The number of nitrogens with two attached hydrogens (primary N) is 1. The third kappa shape index (κ3) is 5.30. The van der Waals surface area contributed by atoms with E-state index in [1.165, 1.54) is 4.70 Å². The number of thiazole rings is 1. The van der Waals surface area contributed by atoms with Crippen molar-refractivity contribution in [1.29, 1.82) is 0 Å². The topological polar surface area (TPSA) is 68.0 Å². The number of nitrogens with one attached hydrogen (secondary N) is 1. The lowest BCUT2D eigenvalue weighted by Gasteiger charge is -2.37. The Morgan fingerprint density at radius 1 is 1.40 bits per heavy atom. The van der Waals surface area contributed by atoms with Crippen LogP contribution in [0.3, 0.4) is 0 Å². The maximum Gasteiger partial charge on any atom is 0.225 e. The van der Waals surface area contributed by atoms with Crippen LogP contribution in [0, 0.1) is 5.92 Å². The maximum atomic E-state index is 12.6. The molecule has 0 bridgehead atoms. The van der Waals surface area contributed by atoms with Crippen LogP contribution in [0.5, 0.6) is 0 Å². The molecule has 2 aromatic rings. The van der Waals surface area contributed by atoms with Gasteiger partial charge in [0.2, 0.25) is 5.91 Å². The van der Waals surface area contributed by atoms with Crippen molar-refractivity contribution in [3.63, 3.8) is 0 Å². The second-order valence-electron chi connectivity index (χ2n) is 6.99. The van der Waals surface area contributed by atoms with E-state index in [1.807, 2.05) is 32.0 Å². The molecule has 140 valence electrons. The molecule has 0 spiro atoms. The lowest BCUT2D eigenvalue weighted by atomic mass is 9.74. The first-order valence-electron chi connectivity index (χ1n) is 8.39. The predicted octanol–water partition coefficient (Wildman–Crippen LogP) is 4.09. The van der Waals surface area contributed by atoms with Gasteiger partial charge in [-0.15, -0.1) is 36.2 Å². The zero-order valence-corrected chi connectivity index (χ0v) is 17.1. The van der Waals surface area contributed by atoms with Gasteiger partial charge >= 0.3 is 0 Å². The van der Waals surface area contributed by atoms with E-state index in [-0.39, 0.29) is 48.2 Å². The third-order valence-corrected chi connectivity index (χ3v) is 5.84. The van der Waals surface area contributed by atoms with Crippen molar-refractivity contribution in [2.75, 3.05) is 0 Å². The van der Waals surface area contributed by atoms with Gasteiger partial charge in [0.25, 0.3) is 0 Å². The van der Waals surface area contributed by atoms with Gasteiger partial charge in [-0.2, -0.15) is 0 Å². The summed E-state index contributed by atoms with van der Waals surface area (Å²) < 4.78 is 1.20. The Labute approximate surface area is 165 Å². The van der Waals surface area contributed by atoms with Crippen LogP contribution in [0.4, 0.5) is 0 Å². The molecule has 1 fully saturated rings. The molecule has 1 heterocycles. The van der Waals surface area contributed by atoms with Crippen LogP contribution < -0.4 is 11.1 Å². The number of carbonyl (C=O) groups is 1. The van der Waals surface area contributed by atoms with E-state index in [0.29, 0.717) is 0 Å². The van der Waals surface area contributed by atoms with Crippen molar-refractivity contribution >= 4 is 52.3 Å². The largest absolute Gasteiger partial charge is 0.353 e. The van der Waals surface area contributed by atoms with E-state index in [4.69, 9.17) is 5.73 Å². The first kappa shape index (κ1) is 22.2. The number of halogens is 2. The third-order valence-electron chi connectivity index (χ3n) is 4.78. The minimum atomic E-state index is -0.377. The Morgan fingerprint density at radius 2 is 2.12 bits per heavy atom. The summed E-state index contributed by atoms with van der Waals surface area (Å²) in [6.07, 6.45) is 4.80. The molecule has 1 saturated carbocycles. The molecule has 3 atom stereocenters. The second kappa shape index (κ2) is 9.17. The standard InChI is InChI=1S/C18H25N3OS.2ClH/c1-12(11-16-21-14-8-3-4-9-15(14)23-16)20-17(22)13-7-5-6-10-18(13,2)19;;/h3-4,8-9,12-13H,5-7,10-11,19H2,1-2H3,(H,20,22);2*1H. The van der Waals surface area contributed by atoms with Gasteiger partial charge in [0.1, 0.15) is 0 Å². The zero-order chi connectivity index (χ0) is 16.4. The summed E-state index contributed by atoms with van der Waals surface area (Å²) in [4.78, 5) is 17.2. The first-order chi connectivity index (χ1) is 11.0. The number of nitrogens with zero attached hydrogens (tertiary/aromatic N) is 1. The van der Waals surface area contributed by atoms with Crippen LogP contribution in [0.1, 0.15) is 44.5 Å². The summed E-state index contributed by atoms with van der Waals surface area (Å²) in [6.45, 7) is 4.05. The number of carbonyl (C=O) groups excluding carboxylic acids is 1. The lowest BCUT2D eigenvalue weighted by Crippen LogP contribution is -2.54. The number of benzene rings is 1. The highest BCUT2D eigenvalue weighted by Gasteiger charge is 2.38. The molecular formula is C18H27Cl2N3OS. The van der Waals surface area contributed by atoms with E-state index in [1.54, 1.807) is 11.3 Å². The van der Waals surface area contributed by atoms with Gasteiger partial charge < -0.3 is 11.1 Å². The number of hydrogen-bond acceptors (Lipinski definition) is 4. The molecule has 3 rings (SSSR count). The lowest BCUT2D eigenvalue weighted by molar-refractivity contribution is -0.128. The fraction of sp³-hybridized carbons (Fsp3) is 0.556. The molecule has 7 heteroatoms. The number of rotatable bonds is 4. The van der Waals surface area contributed by atoms with Gasteiger partial charge in [0.05, 0.1) is 21.1 Å².